The van der Waals surface area contributed by atoms with Gasteiger partial charge in [-0.25, -0.2) is 4.98 Å². The van der Waals surface area contributed by atoms with Crippen LogP contribution in [-0.2, 0) is 4.79 Å². The van der Waals surface area contributed by atoms with E-state index in [1.807, 2.05) is 0 Å². The molecule has 0 unspecified atom stereocenters. The largest absolute Gasteiger partial charge is 0.573 e. The monoisotopic (exact) mass is 331 g/mol. The number of halogens is 3. The normalized spacial score (nSPS) is 16.5. The molecule has 1 aromatic heterocycles. The molecule has 3 N–H and O–H groups in total. The van der Waals surface area contributed by atoms with Gasteiger partial charge in [-0.3, -0.25) is 4.79 Å². The fourth-order valence-electron chi connectivity index (χ4n) is 1.98. The SMILES string of the molecule is NC1(CC(=O)Nc2nc3ccc(OC(F)(F)F)cc3s2)CC1. The van der Waals surface area contributed by atoms with Gasteiger partial charge in [0.05, 0.1) is 10.2 Å². The molecule has 1 fully saturated rings. The summed E-state index contributed by atoms with van der Waals surface area (Å²) in [5.74, 6) is -0.564. The lowest BCUT2D eigenvalue weighted by atomic mass is 10.2. The second-order valence-electron chi connectivity index (χ2n) is 5.28. The second-order valence-corrected chi connectivity index (χ2v) is 6.31. The summed E-state index contributed by atoms with van der Waals surface area (Å²) in [5, 5.41) is 2.95. The third kappa shape index (κ3) is 3.66. The highest BCUT2D eigenvalue weighted by molar-refractivity contribution is 7.22. The van der Waals surface area contributed by atoms with Crippen LogP contribution in [0.1, 0.15) is 19.3 Å². The molecule has 0 spiro atoms. The number of ether oxygens (including phenoxy) is 1. The molecule has 5 nitrogen and oxygen atoms in total. The fraction of sp³-hybridized carbons (Fsp3) is 0.385. The molecular weight excluding hydrogens is 319 g/mol. The van der Waals surface area contributed by atoms with E-state index in [0.717, 1.165) is 24.2 Å². The van der Waals surface area contributed by atoms with Crippen LogP contribution in [-0.4, -0.2) is 22.8 Å². The van der Waals surface area contributed by atoms with Gasteiger partial charge in [-0.2, -0.15) is 0 Å². The van der Waals surface area contributed by atoms with Crippen molar-refractivity contribution in [1.82, 2.24) is 4.98 Å². The molecule has 1 heterocycles. The maximum absolute atomic E-state index is 12.2. The molecule has 2 aromatic rings. The van der Waals surface area contributed by atoms with E-state index >= 15 is 0 Å². The Morgan fingerprint density at radius 2 is 2.18 bits per heavy atom. The molecule has 22 heavy (non-hydrogen) atoms. The molecule has 0 saturated heterocycles. The van der Waals surface area contributed by atoms with Crippen molar-refractivity contribution in [2.24, 2.45) is 5.73 Å². The van der Waals surface area contributed by atoms with Crippen molar-refractivity contribution in [3.05, 3.63) is 18.2 Å². The van der Waals surface area contributed by atoms with Gasteiger partial charge in [0.1, 0.15) is 5.75 Å². The van der Waals surface area contributed by atoms with E-state index < -0.39 is 11.9 Å². The van der Waals surface area contributed by atoms with Crippen LogP contribution < -0.4 is 15.8 Å². The lowest BCUT2D eigenvalue weighted by molar-refractivity contribution is -0.274. The first-order chi connectivity index (χ1) is 10.2. The van der Waals surface area contributed by atoms with Crippen molar-refractivity contribution in [3.63, 3.8) is 0 Å². The second kappa shape index (κ2) is 5.10. The maximum atomic E-state index is 12.2. The first-order valence-electron chi connectivity index (χ1n) is 6.48. The van der Waals surface area contributed by atoms with E-state index in [2.05, 4.69) is 15.0 Å². The molecule has 1 amide bonds. The van der Waals surface area contributed by atoms with Crippen LogP contribution in [0.4, 0.5) is 18.3 Å². The average Bonchev–Trinajstić information content (AvgIpc) is 2.95. The van der Waals surface area contributed by atoms with Crippen LogP contribution in [0.25, 0.3) is 10.2 Å². The van der Waals surface area contributed by atoms with Gasteiger partial charge in [-0.05, 0) is 25.0 Å². The highest BCUT2D eigenvalue weighted by Gasteiger charge is 2.40. The third-order valence-corrected chi connectivity index (χ3v) is 4.18. The fourth-order valence-corrected chi connectivity index (χ4v) is 2.89. The number of thiazole rings is 1. The molecule has 0 bridgehead atoms. The first kappa shape index (κ1) is 15.0. The van der Waals surface area contributed by atoms with Gasteiger partial charge >= 0.3 is 6.36 Å². The van der Waals surface area contributed by atoms with Crippen LogP contribution in [0.3, 0.4) is 0 Å². The highest BCUT2D eigenvalue weighted by Crippen LogP contribution is 2.36. The molecule has 0 atom stereocenters. The van der Waals surface area contributed by atoms with Crippen LogP contribution in [0.2, 0.25) is 0 Å². The smallest absolute Gasteiger partial charge is 0.406 e. The molecule has 0 radical (unpaired) electrons. The Kier molecular flexibility index (Phi) is 3.48. The minimum absolute atomic E-state index is 0.214. The summed E-state index contributed by atoms with van der Waals surface area (Å²) in [7, 11) is 0. The first-order valence-corrected chi connectivity index (χ1v) is 7.29. The Morgan fingerprint density at radius 1 is 1.45 bits per heavy atom. The number of nitrogens with two attached hydrogens (primary N) is 1. The van der Waals surface area contributed by atoms with Gasteiger partial charge in [0.15, 0.2) is 5.13 Å². The summed E-state index contributed by atoms with van der Waals surface area (Å²) in [6.07, 6.45) is -2.89. The van der Waals surface area contributed by atoms with Crippen molar-refractivity contribution >= 4 is 32.6 Å². The molecule has 1 aliphatic carbocycles. The zero-order valence-electron chi connectivity index (χ0n) is 11.2. The number of alkyl halides is 3. The van der Waals surface area contributed by atoms with Crippen molar-refractivity contribution < 1.29 is 22.7 Å². The van der Waals surface area contributed by atoms with Gasteiger partial charge in [-0.15, -0.1) is 13.2 Å². The molecule has 0 aliphatic heterocycles. The average molecular weight is 331 g/mol. The lowest BCUT2D eigenvalue weighted by Gasteiger charge is -2.07. The topological polar surface area (TPSA) is 77.2 Å². The Hall–Kier alpha value is -1.87. The van der Waals surface area contributed by atoms with E-state index in [9.17, 15) is 18.0 Å². The molecule has 118 valence electrons. The predicted molar refractivity (Wildman–Crippen MR) is 75.7 cm³/mol. The molecule has 1 saturated carbocycles. The van der Waals surface area contributed by atoms with Gasteiger partial charge in [0.2, 0.25) is 5.91 Å². The van der Waals surface area contributed by atoms with Crippen LogP contribution in [0.15, 0.2) is 18.2 Å². The van der Waals surface area contributed by atoms with E-state index in [4.69, 9.17) is 5.73 Å². The van der Waals surface area contributed by atoms with Crippen molar-refractivity contribution in [2.75, 3.05) is 5.32 Å². The Morgan fingerprint density at radius 3 is 2.82 bits per heavy atom. The number of carbonyl (C=O) groups is 1. The van der Waals surface area contributed by atoms with E-state index in [1.54, 1.807) is 0 Å². The number of hydrogen-bond donors (Lipinski definition) is 2. The number of rotatable bonds is 4. The summed E-state index contributed by atoms with van der Waals surface area (Å²) in [5.41, 5.74) is 5.94. The van der Waals surface area contributed by atoms with Gasteiger partial charge in [0.25, 0.3) is 0 Å². The van der Waals surface area contributed by atoms with Crippen LogP contribution >= 0.6 is 11.3 Å². The molecule has 3 rings (SSSR count). The summed E-state index contributed by atoms with van der Waals surface area (Å²) in [6, 6.07) is 3.83. The molecular formula is C13H12F3N3O2S. The number of anilines is 1. The van der Waals surface area contributed by atoms with Gasteiger partial charge < -0.3 is 15.8 Å². The molecule has 9 heteroatoms. The third-order valence-electron chi connectivity index (χ3n) is 3.24. The number of aromatic nitrogens is 1. The van der Waals surface area contributed by atoms with E-state index in [1.165, 1.54) is 18.2 Å². The Bertz CT molecular complexity index is 725. The summed E-state index contributed by atoms with van der Waals surface area (Å²) < 4.78 is 40.9. The van der Waals surface area contributed by atoms with E-state index in [-0.39, 0.29) is 18.1 Å². The van der Waals surface area contributed by atoms with Crippen LogP contribution in [0, 0.1) is 0 Å². The maximum Gasteiger partial charge on any atom is 0.573 e. The highest BCUT2D eigenvalue weighted by atomic mass is 32.1. The van der Waals surface area contributed by atoms with Crippen molar-refractivity contribution in [2.45, 2.75) is 31.2 Å². The Labute approximate surface area is 127 Å². The number of amides is 1. The zero-order chi connectivity index (χ0) is 16.0. The zero-order valence-corrected chi connectivity index (χ0v) is 12.1. The number of nitrogens with zero attached hydrogens (tertiary/aromatic N) is 1. The van der Waals surface area contributed by atoms with Crippen molar-refractivity contribution in [3.8, 4) is 5.75 Å². The van der Waals surface area contributed by atoms with Crippen molar-refractivity contribution in [1.29, 1.82) is 0 Å². The summed E-state index contributed by atoms with van der Waals surface area (Å²) in [6.45, 7) is 0. The predicted octanol–water partition coefficient (Wildman–Crippen LogP) is 3.01. The van der Waals surface area contributed by atoms with Gasteiger partial charge in [-0.1, -0.05) is 11.3 Å². The summed E-state index contributed by atoms with van der Waals surface area (Å²) in [4.78, 5) is 16.0. The number of nitrogens with one attached hydrogen (secondary N) is 1. The number of fused-ring (bicyclic) bond motifs is 1. The summed E-state index contributed by atoms with van der Waals surface area (Å²) >= 11 is 1.08. The number of benzene rings is 1. The minimum Gasteiger partial charge on any atom is -0.406 e. The van der Waals surface area contributed by atoms with Crippen LogP contribution in [0.5, 0.6) is 5.75 Å². The Balaban J connectivity index is 1.73. The number of carbonyl (C=O) groups excluding carboxylic acids is 1. The quantitative estimate of drug-likeness (QED) is 0.903. The lowest BCUT2D eigenvalue weighted by Crippen LogP contribution is -2.28. The minimum atomic E-state index is -4.74. The molecule has 1 aromatic carbocycles. The number of hydrogen-bond acceptors (Lipinski definition) is 5. The van der Waals surface area contributed by atoms with E-state index in [0.29, 0.717) is 15.3 Å². The molecule has 1 aliphatic rings. The van der Waals surface area contributed by atoms with Gasteiger partial charge in [0, 0.05) is 18.0 Å². The standard InChI is InChI=1S/C13H12F3N3O2S/c14-13(15,16)21-7-1-2-8-9(5-7)22-11(18-8)19-10(20)6-12(17)3-4-12/h1-2,5H,3-4,6,17H2,(H,18,19,20).